The molecule has 0 rings (SSSR count). The highest BCUT2D eigenvalue weighted by atomic mass is 32.1. The van der Waals surface area contributed by atoms with Gasteiger partial charge in [0.15, 0.2) is 5.78 Å². The number of rotatable bonds is 14. The molecule has 4 nitrogen and oxygen atoms in total. The quantitative estimate of drug-likeness (QED) is 0.180. The van der Waals surface area contributed by atoms with E-state index in [2.05, 4.69) is 64.7 Å². The summed E-state index contributed by atoms with van der Waals surface area (Å²) >= 11 is 4.17. The molecule has 0 aliphatic rings. The second-order valence-electron chi connectivity index (χ2n) is 8.57. The fourth-order valence-electron chi connectivity index (χ4n) is 3.07. The molecule has 0 saturated carbocycles. The SMILES string of the molecule is CC(=O)C(=CC(C)CCC=C(C)C)C(C=C(C)CCC=C(C)C)N[C@@H](CS)C(=O)O. The number of carbonyl (C=O) groups is 2. The highest BCUT2D eigenvalue weighted by Crippen LogP contribution is 2.18. The minimum atomic E-state index is -0.967. The minimum absolute atomic E-state index is 0.0433. The number of aliphatic carboxylic acids is 1. The molecule has 0 bridgehead atoms. The van der Waals surface area contributed by atoms with Gasteiger partial charge < -0.3 is 5.11 Å². The molecule has 5 heteroatoms. The molecule has 0 aliphatic carbocycles. The van der Waals surface area contributed by atoms with Gasteiger partial charge in [0.05, 0.1) is 6.04 Å². The van der Waals surface area contributed by atoms with Crippen molar-refractivity contribution in [2.24, 2.45) is 5.92 Å². The first-order valence-corrected chi connectivity index (χ1v) is 11.4. The number of carboxylic acids is 1. The van der Waals surface area contributed by atoms with Crippen LogP contribution in [0.5, 0.6) is 0 Å². The minimum Gasteiger partial charge on any atom is -0.480 e. The maximum Gasteiger partial charge on any atom is 0.321 e. The molecule has 0 aliphatic heterocycles. The van der Waals surface area contributed by atoms with E-state index < -0.39 is 18.1 Å². The Labute approximate surface area is 189 Å². The Kier molecular flexibility index (Phi) is 14.4. The number of ketones is 1. The van der Waals surface area contributed by atoms with Crippen molar-refractivity contribution in [3.05, 3.63) is 46.6 Å². The first-order valence-electron chi connectivity index (χ1n) is 10.7. The lowest BCUT2D eigenvalue weighted by molar-refractivity contribution is -0.139. The van der Waals surface area contributed by atoms with Gasteiger partial charge in [-0.1, -0.05) is 47.9 Å². The third kappa shape index (κ3) is 12.9. The molecule has 0 heterocycles. The van der Waals surface area contributed by atoms with E-state index in [-0.39, 0.29) is 17.5 Å². The molecular weight excluding hydrogens is 394 g/mol. The van der Waals surface area contributed by atoms with Gasteiger partial charge >= 0.3 is 5.97 Å². The molecule has 0 aromatic rings. The van der Waals surface area contributed by atoms with Crippen molar-refractivity contribution in [2.75, 3.05) is 5.75 Å². The summed E-state index contributed by atoms with van der Waals surface area (Å²) in [6.07, 6.45) is 12.0. The van der Waals surface area contributed by atoms with Gasteiger partial charge in [-0.15, -0.1) is 0 Å². The van der Waals surface area contributed by atoms with Crippen LogP contribution in [0.4, 0.5) is 0 Å². The molecule has 0 fully saturated rings. The number of carbonyl (C=O) groups excluding carboxylic acids is 1. The summed E-state index contributed by atoms with van der Waals surface area (Å²) in [5, 5.41) is 12.6. The highest BCUT2D eigenvalue weighted by Gasteiger charge is 2.24. The molecule has 2 N–H and O–H groups in total. The van der Waals surface area contributed by atoms with E-state index in [0.29, 0.717) is 5.57 Å². The van der Waals surface area contributed by atoms with E-state index >= 15 is 0 Å². The first-order chi connectivity index (χ1) is 14.0. The van der Waals surface area contributed by atoms with Crippen molar-refractivity contribution in [2.45, 2.75) is 86.2 Å². The molecule has 0 amide bonds. The molecular formula is C25H41NO3S. The Morgan fingerprint density at radius 2 is 1.53 bits per heavy atom. The standard InChI is InChI=1S/C25H41NO3S/c1-17(2)10-8-12-19(5)14-22(21(7)27)23(26-24(16-30)25(28)29)15-20(6)13-9-11-18(3)4/h10-11,14-15,19,23-24,26,30H,8-9,12-13,16H2,1-7H3,(H,28,29)/t19?,23?,24-/m0/s1. The topological polar surface area (TPSA) is 66.4 Å². The summed E-state index contributed by atoms with van der Waals surface area (Å²) in [6, 6.07) is -1.28. The van der Waals surface area contributed by atoms with Crippen LogP contribution in [0.2, 0.25) is 0 Å². The van der Waals surface area contributed by atoms with Crippen LogP contribution in [0.15, 0.2) is 46.6 Å². The van der Waals surface area contributed by atoms with Crippen LogP contribution in [0.25, 0.3) is 0 Å². The van der Waals surface area contributed by atoms with Gasteiger partial charge in [0, 0.05) is 11.3 Å². The van der Waals surface area contributed by atoms with Crippen LogP contribution in [0.1, 0.15) is 74.1 Å². The monoisotopic (exact) mass is 435 g/mol. The van der Waals surface area contributed by atoms with Gasteiger partial charge in [-0.3, -0.25) is 14.9 Å². The molecule has 3 atom stereocenters. The molecule has 0 spiro atoms. The summed E-state index contributed by atoms with van der Waals surface area (Å²) in [6.45, 7) is 14.0. The van der Waals surface area contributed by atoms with Crippen molar-refractivity contribution in [3.63, 3.8) is 0 Å². The average Bonchev–Trinajstić information content (AvgIpc) is 2.62. The Balaban J connectivity index is 5.78. The summed E-state index contributed by atoms with van der Waals surface area (Å²) < 4.78 is 0. The Morgan fingerprint density at radius 1 is 0.967 bits per heavy atom. The third-order valence-corrected chi connectivity index (χ3v) is 5.15. The Hall–Kier alpha value is -1.59. The number of hydrogen-bond donors (Lipinski definition) is 3. The second-order valence-corrected chi connectivity index (χ2v) is 8.93. The van der Waals surface area contributed by atoms with Gasteiger partial charge in [0.2, 0.25) is 0 Å². The van der Waals surface area contributed by atoms with Gasteiger partial charge in [0.25, 0.3) is 0 Å². The molecule has 0 aromatic carbocycles. The summed E-state index contributed by atoms with van der Waals surface area (Å²) in [7, 11) is 0. The maximum atomic E-state index is 12.5. The number of thiol groups is 1. The molecule has 30 heavy (non-hydrogen) atoms. The van der Waals surface area contributed by atoms with Crippen LogP contribution in [-0.4, -0.2) is 34.7 Å². The van der Waals surface area contributed by atoms with Crippen molar-refractivity contribution in [1.82, 2.24) is 5.32 Å². The first kappa shape index (κ1) is 28.4. The number of hydrogen-bond acceptors (Lipinski definition) is 4. The van der Waals surface area contributed by atoms with E-state index in [4.69, 9.17) is 0 Å². The van der Waals surface area contributed by atoms with Gasteiger partial charge in [-0.25, -0.2) is 0 Å². The van der Waals surface area contributed by atoms with E-state index in [1.807, 2.05) is 19.1 Å². The Morgan fingerprint density at radius 3 is 2.00 bits per heavy atom. The van der Waals surface area contributed by atoms with Crippen LogP contribution in [0, 0.1) is 5.92 Å². The molecule has 170 valence electrons. The lowest BCUT2D eigenvalue weighted by Gasteiger charge is -2.23. The fraction of sp³-hybridized carbons (Fsp3) is 0.600. The van der Waals surface area contributed by atoms with Crippen molar-refractivity contribution in [3.8, 4) is 0 Å². The number of Topliss-reactive ketones (excluding diaryl/α,β-unsaturated/α-hetero) is 1. The lowest BCUT2D eigenvalue weighted by atomic mass is 9.93. The van der Waals surface area contributed by atoms with Crippen LogP contribution >= 0.6 is 12.6 Å². The second kappa shape index (κ2) is 15.2. The summed E-state index contributed by atoms with van der Waals surface area (Å²) in [5.74, 6) is -0.650. The molecule has 2 unspecified atom stereocenters. The van der Waals surface area contributed by atoms with E-state index in [0.717, 1.165) is 31.3 Å². The zero-order valence-electron chi connectivity index (χ0n) is 19.8. The van der Waals surface area contributed by atoms with E-state index in [1.165, 1.54) is 11.1 Å². The van der Waals surface area contributed by atoms with Crippen LogP contribution in [0.3, 0.4) is 0 Å². The number of carboxylic acid groups (broad SMARTS) is 1. The fourth-order valence-corrected chi connectivity index (χ4v) is 3.33. The predicted molar refractivity (Wildman–Crippen MR) is 131 cm³/mol. The van der Waals surface area contributed by atoms with Gasteiger partial charge in [0.1, 0.15) is 6.04 Å². The highest BCUT2D eigenvalue weighted by molar-refractivity contribution is 7.80. The summed E-state index contributed by atoms with van der Waals surface area (Å²) in [5.41, 5.74) is 4.30. The van der Waals surface area contributed by atoms with Crippen molar-refractivity contribution >= 4 is 24.4 Å². The summed E-state index contributed by atoms with van der Waals surface area (Å²) in [4.78, 5) is 24.1. The van der Waals surface area contributed by atoms with Crippen LogP contribution in [-0.2, 0) is 9.59 Å². The molecule has 0 aromatic heterocycles. The largest absolute Gasteiger partial charge is 0.480 e. The number of nitrogens with one attached hydrogen (secondary N) is 1. The van der Waals surface area contributed by atoms with Gasteiger partial charge in [-0.05, 0) is 73.1 Å². The smallest absolute Gasteiger partial charge is 0.321 e. The lowest BCUT2D eigenvalue weighted by Crippen LogP contribution is -2.45. The number of allylic oxidation sites excluding steroid dienone is 6. The third-order valence-electron chi connectivity index (χ3n) is 4.78. The van der Waals surface area contributed by atoms with Crippen molar-refractivity contribution in [1.29, 1.82) is 0 Å². The normalized spacial score (nSPS) is 15.2. The van der Waals surface area contributed by atoms with Gasteiger partial charge in [-0.2, -0.15) is 12.6 Å². The average molecular weight is 436 g/mol. The molecule has 0 saturated heterocycles. The Bertz CT molecular complexity index is 681. The van der Waals surface area contributed by atoms with E-state index in [1.54, 1.807) is 6.92 Å². The maximum absolute atomic E-state index is 12.5. The molecule has 0 radical (unpaired) electrons. The van der Waals surface area contributed by atoms with Crippen molar-refractivity contribution < 1.29 is 14.7 Å². The zero-order chi connectivity index (χ0) is 23.3. The predicted octanol–water partition coefficient (Wildman–Crippen LogP) is 5.92. The zero-order valence-corrected chi connectivity index (χ0v) is 20.7. The van der Waals surface area contributed by atoms with Crippen LogP contribution < -0.4 is 5.32 Å². The van der Waals surface area contributed by atoms with E-state index in [9.17, 15) is 14.7 Å².